The second kappa shape index (κ2) is 9.93. The number of hydrogen-bond donors (Lipinski definition) is 2. The molecule has 0 spiro atoms. The Hall–Kier alpha value is -2.91. The Bertz CT molecular complexity index is 1120. The molecule has 0 aliphatic carbocycles. The number of nitrogens with one attached hydrogen (secondary N) is 2. The van der Waals surface area contributed by atoms with Crippen LogP contribution in [-0.4, -0.2) is 50.3 Å². The van der Waals surface area contributed by atoms with E-state index >= 15 is 0 Å². The molecule has 1 fully saturated rings. The summed E-state index contributed by atoms with van der Waals surface area (Å²) in [4.78, 5) is 24.6. The smallest absolute Gasteiger partial charge is 0.265 e. The number of nitrogens with zero attached hydrogens (tertiary/aromatic N) is 1. The molecule has 2 heterocycles. The van der Waals surface area contributed by atoms with E-state index in [1.54, 1.807) is 13.0 Å². The molecule has 0 radical (unpaired) electrons. The molecule has 2 unspecified atom stereocenters. The number of carbonyl (C=O) groups excluding carboxylic acids is 2. The highest BCUT2D eigenvalue weighted by Crippen LogP contribution is 2.33. The number of rotatable bonds is 7. The van der Waals surface area contributed by atoms with Crippen molar-refractivity contribution < 1.29 is 22.7 Å². The lowest BCUT2D eigenvalue weighted by atomic mass is 9.99. The molecule has 2 N–H and O–H groups in total. The molecule has 176 valence electrons. The van der Waals surface area contributed by atoms with Crippen molar-refractivity contribution in [3.63, 3.8) is 0 Å². The quantitative estimate of drug-likeness (QED) is 0.604. The van der Waals surface area contributed by atoms with Gasteiger partial charge in [0.25, 0.3) is 5.91 Å². The van der Waals surface area contributed by atoms with Crippen LogP contribution in [0.5, 0.6) is 5.75 Å². The van der Waals surface area contributed by atoms with Gasteiger partial charge in [-0.2, -0.15) is 4.31 Å². The van der Waals surface area contributed by atoms with Gasteiger partial charge in [0.2, 0.25) is 15.9 Å². The van der Waals surface area contributed by atoms with Gasteiger partial charge in [-0.25, -0.2) is 8.42 Å². The van der Waals surface area contributed by atoms with Crippen molar-refractivity contribution >= 4 is 27.5 Å². The standard InChI is InChI=1S/C24H29N3O5S/c1-17-23(28)26-21-15-20(11-12-22(21)32-17)33(30,31)27-14-6-10-19(16-27)24(29)25-13-5-9-18-7-3-2-4-8-18/h2-4,7-8,11-12,15,17,19H,5-6,9-10,13-14,16H2,1H3,(H,25,29)(H,26,28). The molecular weight excluding hydrogens is 442 g/mol. The number of benzene rings is 2. The first-order valence-electron chi connectivity index (χ1n) is 11.3. The Morgan fingerprint density at radius 2 is 2.00 bits per heavy atom. The van der Waals surface area contributed by atoms with E-state index in [1.165, 1.54) is 22.0 Å². The van der Waals surface area contributed by atoms with Gasteiger partial charge in [-0.3, -0.25) is 9.59 Å². The normalized spacial score (nSPS) is 20.9. The fourth-order valence-electron chi connectivity index (χ4n) is 4.17. The molecule has 4 rings (SSSR count). The average molecular weight is 472 g/mol. The molecule has 2 aromatic rings. The van der Waals surface area contributed by atoms with Crippen molar-refractivity contribution in [1.29, 1.82) is 0 Å². The van der Waals surface area contributed by atoms with Crippen molar-refractivity contribution in [2.45, 2.75) is 43.6 Å². The molecule has 2 aliphatic heterocycles. The van der Waals surface area contributed by atoms with E-state index in [4.69, 9.17) is 4.74 Å². The first-order chi connectivity index (χ1) is 15.8. The van der Waals surface area contributed by atoms with E-state index in [-0.39, 0.29) is 29.2 Å². The lowest BCUT2D eigenvalue weighted by Crippen LogP contribution is -2.45. The van der Waals surface area contributed by atoms with Crippen LogP contribution in [0.2, 0.25) is 0 Å². The van der Waals surface area contributed by atoms with E-state index in [0.29, 0.717) is 37.4 Å². The van der Waals surface area contributed by atoms with Crippen LogP contribution in [0.1, 0.15) is 31.7 Å². The van der Waals surface area contributed by atoms with Crippen molar-refractivity contribution in [3.8, 4) is 5.75 Å². The molecule has 1 saturated heterocycles. The molecule has 2 atom stereocenters. The Kier molecular flexibility index (Phi) is 6.99. The lowest BCUT2D eigenvalue weighted by Gasteiger charge is -2.31. The number of aryl methyl sites for hydroxylation is 1. The van der Waals surface area contributed by atoms with Crippen LogP contribution < -0.4 is 15.4 Å². The fraction of sp³-hybridized carbons (Fsp3) is 0.417. The Morgan fingerprint density at radius 3 is 2.79 bits per heavy atom. The summed E-state index contributed by atoms with van der Waals surface area (Å²) in [6, 6.07) is 14.5. The summed E-state index contributed by atoms with van der Waals surface area (Å²) in [5.74, 6) is -0.374. The summed E-state index contributed by atoms with van der Waals surface area (Å²) < 4.78 is 33.4. The summed E-state index contributed by atoms with van der Waals surface area (Å²) in [6.45, 7) is 2.68. The number of fused-ring (bicyclic) bond motifs is 1. The Labute approximate surface area is 194 Å². The van der Waals surface area contributed by atoms with Crippen molar-refractivity contribution in [3.05, 3.63) is 54.1 Å². The fourth-order valence-corrected chi connectivity index (χ4v) is 5.72. The Balaban J connectivity index is 1.36. The Morgan fingerprint density at radius 1 is 1.21 bits per heavy atom. The first kappa shape index (κ1) is 23.3. The maximum atomic E-state index is 13.2. The average Bonchev–Trinajstić information content (AvgIpc) is 2.83. The van der Waals surface area contributed by atoms with Gasteiger partial charge in [0.05, 0.1) is 16.5 Å². The number of ether oxygens (including phenoxy) is 1. The predicted molar refractivity (Wildman–Crippen MR) is 124 cm³/mol. The van der Waals surface area contributed by atoms with Gasteiger partial charge in [0.1, 0.15) is 5.75 Å². The molecule has 0 bridgehead atoms. The lowest BCUT2D eigenvalue weighted by molar-refractivity contribution is -0.126. The molecule has 0 aromatic heterocycles. The number of hydrogen-bond acceptors (Lipinski definition) is 5. The third-order valence-corrected chi connectivity index (χ3v) is 7.92. The largest absolute Gasteiger partial charge is 0.479 e. The highest BCUT2D eigenvalue weighted by molar-refractivity contribution is 7.89. The second-order valence-corrected chi connectivity index (χ2v) is 10.4. The van der Waals surface area contributed by atoms with E-state index in [2.05, 4.69) is 22.8 Å². The third-order valence-electron chi connectivity index (χ3n) is 6.06. The van der Waals surface area contributed by atoms with Gasteiger partial charge in [0.15, 0.2) is 6.10 Å². The summed E-state index contributed by atoms with van der Waals surface area (Å²) >= 11 is 0. The summed E-state index contributed by atoms with van der Waals surface area (Å²) in [7, 11) is -3.81. The van der Waals surface area contributed by atoms with Gasteiger partial charge in [-0.15, -0.1) is 0 Å². The first-order valence-corrected chi connectivity index (χ1v) is 12.7. The van der Waals surface area contributed by atoms with Crippen molar-refractivity contribution in [2.24, 2.45) is 5.92 Å². The minimum Gasteiger partial charge on any atom is -0.479 e. The van der Waals surface area contributed by atoms with Gasteiger partial charge >= 0.3 is 0 Å². The van der Waals surface area contributed by atoms with E-state index in [0.717, 1.165) is 12.8 Å². The number of sulfonamides is 1. The van der Waals surface area contributed by atoms with Crippen LogP contribution >= 0.6 is 0 Å². The second-order valence-electron chi connectivity index (χ2n) is 8.49. The number of piperidine rings is 1. The number of carbonyl (C=O) groups is 2. The van der Waals surface area contributed by atoms with Crippen LogP contribution in [0.15, 0.2) is 53.4 Å². The highest BCUT2D eigenvalue weighted by atomic mass is 32.2. The molecule has 2 aromatic carbocycles. The molecule has 33 heavy (non-hydrogen) atoms. The molecule has 9 heteroatoms. The van der Waals surface area contributed by atoms with Gasteiger partial charge in [-0.1, -0.05) is 30.3 Å². The summed E-state index contributed by atoms with van der Waals surface area (Å²) in [6.07, 6.45) is 2.34. The minimum atomic E-state index is -3.81. The zero-order valence-corrected chi connectivity index (χ0v) is 19.4. The molecule has 2 amide bonds. The minimum absolute atomic E-state index is 0.0728. The van der Waals surface area contributed by atoms with Crippen LogP contribution in [0.25, 0.3) is 0 Å². The van der Waals surface area contributed by atoms with Gasteiger partial charge in [-0.05, 0) is 56.4 Å². The van der Waals surface area contributed by atoms with Crippen LogP contribution in [-0.2, 0) is 26.0 Å². The number of amides is 2. The zero-order valence-electron chi connectivity index (χ0n) is 18.6. The van der Waals surface area contributed by atoms with Crippen LogP contribution in [0, 0.1) is 5.92 Å². The van der Waals surface area contributed by atoms with Crippen molar-refractivity contribution in [2.75, 3.05) is 25.0 Å². The number of anilines is 1. The van der Waals surface area contributed by atoms with Gasteiger partial charge in [0, 0.05) is 19.6 Å². The molecule has 2 aliphatic rings. The highest BCUT2D eigenvalue weighted by Gasteiger charge is 2.34. The van der Waals surface area contributed by atoms with E-state index < -0.39 is 16.1 Å². The SMILES string of the molecule is CC1Oc2ccc(S(=O)(=O)N3CCCC(C(=O)NCCCc4ccccc4)C3)cc2NC1=O. The van der Waals surface area contributed by atoms with E-state index in [1.807, 2.05) is 18.2 Å². The third kappa shape index (κ3) is 5.36. The monoisotopic (exact) mass is 471 g/mol. The molecule has 8 nitrogen and oxygen atoms in total. The molecular formula is C24H29N3O5S. The molecule has 0 saturated carbocycles. The zero-order chi connectivity index (χ0) is 23.4. The van der Waals surface area contributed by atoms with Crippen molar-refractivity contribution in [1.82, 2.24) is 9.62 Å². The topological polar surface area (TPSA) is 105 Å². The maximum Gasteiger partial charge on any atom is 0.265 e. The van der Waals surface area contributed by atoms with E-state index in [9.17, 15) is 18.0 Å². The van der Waals surface area contributed by atoms with Crippen LogP contribution in [0.3, 0.4) is 0 Å². The van der Waals surface area contributed by atoms with Crippen LogP contribution in [0.4, 0.5) is 5.69 Å². The summed E-state index contributed by atoms with van der Waals surface area (Å²) in [5.41, 5.74) is 1.56. The van der Waals surface area contributed by atoms with Gasteiger partial charge < -0.3 is 15.4 Å². The predicted octanol–water partition coefficient (Wildman–Crippen LogP) is 2.56. The maximum absolute atomic E-state index is 13.2. The summed E-state index contributed by atoms with van der Waals surface area (Å²) in [5, 5.41) is 5.64.